The van der Waals surface area contributed by atoms with Gasteiger partial charge in [-0.25, -0.2) is 8.42 Å². The van der Waals surface area contributed by atoms with Crippen LogP contribution < -0.4 is 10.2 Å². The van der Waals surface area contributed by atoms with Crippen LogP contribution in [0, 0.1) is 0 Å². The van der Waals surface area contributed by atoms with E-state index in [1.807, 2.05) is 31.4 Å². The number of benzene rings is 1. The summed E-state index contributed by atoms with van der Waals surface area (Å²) in [5, 5.41) is 4.95. The molecule has 1 aromatic carbocycles. The molecule has 1 aliphatic heterocycles. The molecule has 0 spiro atoms. The van der Waals surface area contributed by atoms with Gasteiger partial charge >= 0.3 is 0 Å². The predicted molar refractivity (Wildman–Crippen MR) is 121 cm³/mol. The molecule has 1 fully saturated rings. The zero-order chi connectivity index (χ0) is 21.6. The molecule has 1 N–H and O–H groups in total. The molecule has 2 heterocycles. The Morgan fingerprint density at radius 2 is 1.93 bits per heavy atom. The van der Waals surface area contributed by atoms with Crippen LogP contribution in [0.2, 0.25) is 0 Å². The monoisotopic (exact) mass is 451 g/mol. The van der Waals surface area contributed by atoms with E-state index in [4.69, 9.17) is 4.74 Å². The highest BCUT2D eigenvalue weighted by Crippen LogP contribution is 2.31. The van der Waals surface area contributed by atoms with Crippen LogP contribution in [-0.2, 0) is 26.0 Å². The molecule has 0 aliphatic carbocycles. The van der Waals surface area contributed by atoms with Gasteiger partial charge in [0.25, 0.3) is 0 Å². The third-order valence-corrected chi connectivity index (χ3v) is 8.10. The van der Waals surface area contributed by atoms with Gasteiger partial charge in [0, 0.05) is 37.5 Å². The van der Waals surface area contributed by atoms with E-state index in [1.165, 1.54) is 4.31 Å². The van der Waals surface area contributed by atoms with Gasteiger partial charge in [-0.15, -0.1) is 11.3 Å². The highest BCUT2D eigenvalue weighted by molar-refractivity contribution is 7.89. The van der Waals surface area contributed by atoms with Crippen LogP contribution in [0.1, 0.15) is 25.1 Å². The van der Waals surface area contributed by atoms with Crippen molar-refractivity contribution in [1.29, 1.82) is 0 Å². The van der Waals surface area contributed by atoms with Gasteiger partial charge in [-0.05, 0) is 36.1 Å². The standard InChI is InChI=1S/C21H29N3O4S2/c1-3-24(4-2)30(26,27)18-8-9-20(23-11-13-28-14-12-23)19(16-18)22-21(25)10-7-17-6-5-15-29-17/h5-6,8-9,15-16H,3-4,7,10-14H2,1-2H3,(H,22,25). The van der Waals surface area contributed by atoms with Gasteiger partial charge in [-0.2, -0.15) is 4.31 Å². The molecule has 1 aromatic heterocycles. The number of rotatable bonds is 9. The lowest BCUT2D eigenvalue weighted by molar-refractivity contribution is -0.116. The summed E-state index contributed by atoms with van der Waals surface area (Å²) in [5.41, 5.74) is 1.35. The Bertz CT molecular complexity index is 935. The Labute approximate surface area is 182 Å². The first-order valence-corrected chi connectivity index (χ1v) is 12.6. The van der Waals surface area contributed by atoms with Crippen molar-refractivity contribution in [2.45, 2.75) is 31.6 Å². The summed E-state index contributed by atoms with van der Waals surface area (Å²) in [6.45, 7) is 7.02. The molecule has 30 heavy (non-hydrogen) atoms. The molecule has 164 valence electrons. The van der Waals surface area contributed by atoms with Crippen molar-refractivity contribution in [3.63, 3.8) is 0 Å². The van der Waals surface area contributed by atoms with Gasteiger partial charge in [-0.3, -0.25) is 4.79 Å². The van der Waals surface area contributed by atoms with Gasteiger partial charge in [0.15, 0.2) is 0 Å². The molecule has 0 saturated carbocycles. The first kappa shape index (κ1) is 22.7. The van der Waals surface area contributed by atoms with Gasteiger partial charge < -0.3 is 15.0 Å². The summed E-state index contributed by atoms with van der Waals surface area (Å²) in [4.78, 5) is 16.1. The third-order valence-electron chi connectivity index (χ3n) is 5.12. The Morgan fingerprint density at radius 1 is 1.20 bits per heavy atom. The fourth-order valence-electron chi connectivity index (χ4n) is 3.47. The Balaban J connectivity index is 1.86. The molecule has 1 saturated heterocycles. The van der Waals surface area contributed by atoms with E-state index in [-0.39, 0.29) is 10.8 Å². The van der Waals surface area contributed by atoms with Crippen LogP contribution in [0.4, 0.5) is 11.4 Å². The number of aryl methyl sites for hydroxylation is 1. The molecule has 1 amide bonds. The van der Waals surface area contributed by atoms with Gasteiger partial charge in [0.2, 0.25) is 15.9 Å². The Kier molecular flexibility index (Phi) is 7.87. The van der Waals surface area contributed by atoms with Crippen LogP contribution in [0.5, 0.6) is 0 Å². The van der Waals surface area contributed by atoms with Crippen LogP contribution in [0.3, 0.4) is 0 Å². The first-order chi connectivity index (χ1) is 14.5. The van der Waals surface area contributed by atoms with Crippen molar-refractivity contribution in [3.8, 4) is 0 Å². The number of hydrogen-bond acceptors (Lipinski definition) is 6. The fourth-order valence-corrected chi connectivity index (χ4v) is 5.67. The lowest BCUT2D eigenvalue weighted by Crippen LogP contribution is -2.37. The fraction of sp³-hybridized carbons (Fsp3) is 0.476. The number of morpholine rings is 1. The van der Waals surface area contributed by atoms with E-state index in [0.29, 0.717) is 57.9 Å². The van der Waals surface area contributed by atoms with Crippen molar-refractivity contribution in [2.75, 3.05) is 49.6 Å². The van der Waals surface area contributed by atoms with Crippen LogP contribution in [0.25, 0.3) is 0 Å². The van der Waals surface area contributed by atoms with E-state index in [9.17, 15) is 13.2 Å². The van der Waals surface area contributed by atoms with E-state index < -0.39 is 10.0 Å². The average molecular weight is 452 g/mol. The normalized spacial score (nSPS) is 14.8. The van der Waals surface area contributed by atoms with Crippen LogP contribution in [-0.4, -0.2) is 58.0 Å². The van der Waals surface area contributed by atoms with Crippen molar-refractivity contribution >= 4 is 38.6 Å². The quantitative estimate of drug-likeness (QED) is 0.633. The van der Waals surface area contributed by atoms with Crippen molar-refractivity contribution < 1.29 is 17.9 Å². The zero-order valence-electron chi connectivity index (χ0n) is 17.5. The minimum absolute atomic E-state index is 0.129. The molecular formula is C21H29N3O4S2. The van der Waals surface area contributed by atoms with Crippen molar-refractivity contribution in [2.24, 2.45) is 0 Å². The summed E-state index contributed by atoms with van der Waals surface area (Å²) in [5.74, 6) is -0.129. The van der Waals surface area contributed by atoms with Crippen LogP contribution >= 0.6 is 11.3 Å². The Morgan fingerprint density at radius 3 is 2.57 bits per heavy atom. The summed E-state index contributed by atoms with van der Waals surface area (Å²) < 4.78 is 32.8. The maximum absolute atomic E-state index is 13.0. The lowest BCUT2D eigenvalue weighted by atomic mass is 10.2. The number of sulfonamides is 1. The molecule has 0 radical (unpaired) electrons. The molecule has 3 rings (SSSR count). The first-order valence-electron chi connectivity index (χ1n) is 10.2. The molecule has 0 unspecified atom stereocenters. The summed E-state index contributed by atoms with van der Waals surface area (Å²) >= 11 is 1.62. The number of nitrogens with one attached hydrogen (secondary N) is 1. The van der Waals surface area contributed by atoms with Crippen molar-refractivity contribution in [3.05, 3.63) is 40.6 Å². The highest BCUT2D eigenvalue weighted by atomic mass is 32.2. The van der Waals surface area contributed by atoms with Crippen molar-refractivity contribution in [1.82, 2.24) is 4.31 Å². The largest absolute Gasteiger partial charge is 0.378 e. The molecule has 9 heteroatoms. The van der Waals surface area contributed by atoms with E-state index >= 15 is 0 Å². The van der Waals surface area contributed by atoms with E-state index in [2.05, 4.69) is 10.2 Å². The van der Waals surface area contributed by atoms with Gasteiger partial charge in [0.05, 0.1) is 29.5 Å². The molecule has 2 aromatic rings. The number of amides is 1. The maximum Gasteiger partial charge on any atom is 0.243 e. The minimum Gasteiger partial charge on any atom is -0.378 e. The van der Waals surface area contributed by atoms with Gasteiger partial charge in [-0.1, -0.05) is 19.9 Å². The predicted octanol–water partition coefficient (Wildman–Crippen LogP) is 3.19. The van der Waals surface area contributed by atoms with E-state index in [1.54, 1.807) is 29.5 Å². The third kappa shape index (κ3) is 5.40. The number of hydrogen-bond donors (Lipinski definition) is 1. The average Bonchev–Trinajstić information content (AvgIpc) is 3.27. The van der Waals surface area contributed by atoms with E-state index in [0.717, 1.165) is 10.6 Å². The lowest BCUT2D eigenvalue weighted by Gasteiger charge is -2.31. The maximum atomic E-state index is 13.0. The number of thiophene rings is 1. The second kappa shape index (κ2) is 10.4. The van der Waals surface area contributed by atoms with Gasteiger partial charge in [0.1, 0.15) is 0 Å². The topological polar surface area (TPSA) is 79.0 Å². The zero-order valence-corrected chi connectivity index (χ0v) is 19.1. The number of nitrogens with zero attached hydrogens (tertiary/aromatic N) is 2. The molecular weight excluding hydrogens is 422 g/mol. The summed E-state index contributed by atoms with van der Waals surface area (Å²) in [7, 11) is -3.61. The second-order valence-corrected chi connectivity index (χ2v) is 9.97. The highest BCUT2D eigenvalue weighted by Gasteiger charge is 2.24. The molecule has 7 nitrogen and oxygen atoms in total. The number of carbonyl (C=O) groups excluding carboxylic acids is 1. The molecule has 1 aliphatic rings. The Hall–Kier alpha value is -1.94. The summed E-state index contributed by atoms with van der Waals surface area (Å²) in [6.07, 6.45) is 1.00. The number of carbonyl (C=O) groups is 1. The minimum atomic E-state index is -3.61. The summed E-state index contributed by atoms with van der Waals surface area (Å²) in [6, 6.07) is 8.97. The molecule has 0 atom stereocenters. The molecule has 0 bridgehead atoms. The number of anilines is 2. The second-order valence-electron chi connectivity index (χ2n) is 7.00. The van der Waals surface area contributed by atoms with Crippen LogP contribution in [0.15, 0.2) is 40.6 Å². The number of ether oxygens (including phenoxy) is 1. The smallest absolute Gasteiger partial charge is 0.243 e. The SMILES string of the molecule is CCN(CC)S(=O)(=O)c1ccc(N2CCOCC2)c(NC(=O)CCc2cccs2)c1.